The third-order valence-electron chi connectivity index (χ3n) is 4.36. The summed E-state index contributed by atoms with van der Waals surface area (Å²) in [6, 6.07) is 15.0. The van der Waals surface area contributed by atoms with Gasteiger partial charge < -0.3 is 9.64 Å². The van der Waals surface area contributed by atoms with E-state index in [9.17, 15) is 4.39 Å². The van der Waals surface area contributed by atoms with Gasteiger partial charge in [0.1, 0.15) is 11.5 Å². The first-order chi connectivity index (χ1) is 12.2. The largest absolute Gasteiger partial charge is 0.350 e. The van der Waals surface area contributed by atoms with E-state index in [4.69, 9.17) is 4.74 Å². The highest BCUT2D eigenvalue weighted by atomic mass is 19.1. The summed E-state index contributed by atoms with van der Waals surface area (Å²) in [5, 5.41) is 8.37. The topological polar surface area (TPSA) is 43.2 Å². The normalized spacial score (nSPS) is 17.2. The van der Waals surface area contributed by atoms with Crippen LogP contribution >= 0.6 is 0 Å². The summed E-state index contributed by atoms with van der Waals surface area (Å²) in [4.78, 5) is 2.16. The van der Waals surface area contributed by atoms with Crippen molar-refractivity contribution in [2.24, 2.45) is 0 Å². The first-order valence-electron chi connectivity index (χ1n) is 8.29. The zero-order valence-electron chi connectivity index (χ0n) is 14.0. The third kappa shape index (κ3) is 3.25. The van der Waals surface area contributed by atoms with Gasteiger partial charge >= 0.3 is 0 Å². The molecule has 0 unspecified atom stereocenters. The Morgan fingerprint density at radius 1 is 1.16 bits per heavy atom. The maximum atomic E-state index is 13.8. The van der Waals surface area contributed by atoms with Crippen LogP contribution in [0.2, 0.25) is 0 Å². The highest BCUT2D eigenvalue weighted by molar-refractivity contribution is 5.49. The van der Waals surface area contributed by atoms with Crippen LogP contribution in [0.5, 0.6) is 0 Å². The van der Waals surface area contributed by atoms with Crippen LogP contribution in [-0.4, -0.2) is 28.1 Å². The molecule has 4 rings (SSSR count). The molecule has 1 saturated heterocycles. The Bertz CT molecular complexity index is 862. The van der Waals surface area contributed by atoms with Gasteiger partial charge in [-0.3, -0.25) is 0 Å². The van der Waals surface area contributed by atoms with E-state index < -0.39 is 0 Å². The fourth-order valence-corrected chi connectivity index (χ4v) is 3.02. The Labute approximate surface area is 145 Å². The van der Waals surface area contributed by atoms with E-state index in [1.165, 1.54) is 11.6 Å². The Hall–Kier alpha value is -2.73. The number of ether oxygens (including phenoxy) is 1. The lowest BCUT2D eigenvalue weighted by Gasteiger charge is -2.23. The van der Waals surface area contributed by atoms with Crippen LogP contribution in [0.25, 0.3) is 0 Å². The second kappa shape index (κ2) is 6.64. The maximum absolute atomic E-state index is 13.8. The van der Waals surface area contributed by atoms with Crippen molar-refractivity contribution in [3.63, 3.8) is 0 Å². The minimum absolute atomic E-state index is 0.238. The molecule has 128 valence electrons. The molecule has 0 saturated carbocycles. The van der Waals surface area contributed by atoms with E-state index in [1.807, 2.05) is 12.3 Å². The van der Waals surface area contributed by atoms with Crippen molar-refractivity contribution >= 4 is 5.69 Å². The fourth-order valence-electron chi connectivity index (χ4n) is 3.02. The number of nitrogens with zero attached hydrogens (tertiary/aromatic N) is 4. The number of halogens is 1. The minimum atomic E-state index is -0.267. The average Bonchev–Trinajstić information content (AvgIpc) is 3.27. The zero-order chi connectivity index (χ0) is 17.2. The minimum Gasteiger partial charge on any atom is -0.350 e. The third-order valence-corrected chi connectivity index (χ3v) is 4.36. The van der Waals surface area contributed by atoms with Crippen molar-refractivity contribution in [2.45, 2.75) is 19.7 Å². The standard InChI is InChI=1S/C19H19FN4O/c1-14-6-8-16(9-7-14)24-10-11-25-19(24)18-13-23(22-21-18)12-15-4-2-3-5-17(15)20/h2-9,13,19H,10-12H2,1H3/t19-/m0/s1. The molecule has 2 heterocycles. The van der Waals surface area contributed by atoms with E-state index in [0.717, 1.165) is 17.9 Å². The predicted octanol–water partition coefficient (Wildman–Crippen LogP) is 3.31. The summed E-state index contributed by atoms with van der Waals surface area (Å²) in [7, 11) is 0. The van der Waals surface area contributed by atoms with Crippen molar-refractivity contribution in [1.82, 2.24) is 15.0 Å². The Morgan fingerprint density at radius 2 is 1.96 bits per heavy atom. The summed E-state index contributed by atoms with van der Waals surface area (Å²) < 4.78 is 21.3. The summed E-state index contributed by atoms with van der Waals surface area (Å²) in [6.45, 7) is 3.85. The molecule has 1 fully saturated rings. The fraction of sp³-hybridized carbons (Fsp3) is 0.263. The molecule has 1 aromatic heterocycles. The summed E-state index contributed by atoms with van der Waals surface area (Å²) >= 11 is 0. The van der Waals surface area contributed by atoms with Crippen molar-refractivity contribution in [3.8, 4) is 0 Å². The van der Waals surface area contributed by atoms with Crippen LogP contribution in [-0.2, 0) is 11.3 Å². The molecular formula is C19H19FN4O. The molecule has 3 aromatic rings. The molecule has 0 spiro atoms. The molecule has 0 bridgehead atoms. The second-order valence-electron chi connectivity index (χ2n) is 6.18. The summed E-state index contributed by atoms with van der Waals surface area (Å²) in [6.07, 6.45) is 1.56. The van der Waals surface area contributed by atoms with Gasteiger partial charge in [0.2, 0.25) is 0 Å². The first-order valence-corrected chi connectivity index (χ1v) is 8.29. The zero-order valence-corrected chi connectivity index (χ0v) is 14.0. The van der Waals surface area contributed by atoms with Crippen LogP contribution < -0.4 is 4.90 Å². The Morgan fingerprint density at radius 3 is 2.76 bits per heavy atom. The van der Waals surface area contributed by atoms with Crippen molar-refractivity contribution in [1.29, 1.82) is 0 Å². The second-order valence-corrected chi connectivity index (χ2v) is 6.18. The smallest absolute Gasteiger partial charge is 0.177 e. The average molecular weight is 338 g/mol. The first kappa shape index (κ1) is 15.8. The monoisotopic (exact) mass is 338 g/mol. The lowest BCUT2D eigenvalue weighted by atomic mass is 10.2. The Balaban J connectivity index is 1.54. The predicted molar refractivity (Wildman–Crippen MR) is 92.7 cm³/mol. The molecule has 0 amide bonds. The van der Waals surface area contributed by atoms with Crippen LogP contribution in [0.15, 0.2) is 54.7 Å². The molecule has 6 heteroatoms. The van der Waals surface area contributed by atoms with Crippen molar-refractivity contribution in [2.75, 3.05) is 18.1 Å². The number of hydrogen-bond donors (Lipinski definition) is 0. The number of aromatic nitrogens is 3. The summed E-state index contributed by atoms with van der Waals surface area (Å²) in [5.41, 5.74) is 3.63. The highest BCUT2D eigenvalue weighted by Gasteiger charge is 2.29. The van der Waals surface area contributed by atoms with E-state index in [0.29, 0.717) is 18.7 Å². The molecule has 25 heavy (non-hydrogen) atoms. The van der Waals surface area contributed by atoms with Crippen molar-refractivity contribution < 1.29 is 9.13 Å². The number of anilines is 1. The Kier molecular flexibility index (Phi) is 4.19. The van der Waals surface area contributed by atoms with Crippen LogP contribution in [0.4, 0.5) is 10.1 Å². The molecule has 2 aromatic carbocycles. The van der Waals surface area contributed by atoms with Gasteiger partial charge in [-0.15, -0.1) is 5.10 Å². The van der Waals surface area contributed by atoms with Gasteiger partial charge in [-0.1, -0.05) is 41.1 Å². The molecule has 1 atom stereocenters. The van der Waals surface area contributed by atoms with Gasteiger partial charge in [0, 0.05) is 17.8 Å². The molecule has 1 aliphatic rings. The van der Waals surface area contributed by atoms with E-state index in [2.05, 4.69) is 46.4 Å². The van der Waals surface area contributed by atoms with Gasteiger partial charge in [-0.2, -0.15) is 0 Å². The van der Waals surface area contributed by atoms with Crippen LogP contribution in [0.3, 0.4) is 0 Å². The molecule has 0 aliphatic carbocycles. The van der Waals surface area contributed by atoms with Gasteiger partial charge in [0.05, 0.1) is 19.3 Å². The molecule has 1 aliphatic heterocycles. The summed E-state index contributed by atoms with van der Waals surface area (Å²) in [5.74, 6) is -0.238. The van der Waals surface area contributed by atoms with E-state index in [-0.39, 0.29) is 12.0 Å². The number of aryl methyl sites for hydroxylation is 1. The van der Waals surface area contributed by atoms with Crippen LogP contribution in [0.1, 0.15) is 23.0 Å². The molecule has 0 radical (unpaired) electrons. The number of benzene rings is 2. The van der Waals surface area contributed by atoms with Crippen LogP contribution in [0, 0.1) is 12.7 Å². The SMILES string of the molecule is Cc1ccc(N2CCO[C@H]2c2cn(Cc3ccccc3F)nn2)cc1. The van der Waals surface area contributed by atoms with Crippen molar-refractivity contribution in [3.05, 3.63) is 77.4 Å². The van der Waals surface area contributed by atoms with Gasteiger partial charge in [0.15, 0.2) is 6.23 Å². The van der Waals surface area contributed by atoms with Gasteiger partial charge in [-0.25, -0.2) is 9.07 Å². The van der Waals surface area contributed by atoms with Gasteiger partial charge in [0.25, 0.3) is 0 Å². The number of hydrogen-bond acceptors (Lipinski definition) is 4. The molecular weight excluding hydrogens is 319 g/mol. The molecule has 0 N–H and O–H groups in total. The maximum Gasteiger partial charge on any atom is 0.177 e. The van der Waals surface area contributed by atoms with Gasteiger partial charge in [-0.05, 0) is 25.1 Å². The lowest BCUT2D eigenvalue weighted by Crippen LogP contribution is -2.23. The van der Waals surface area contributed by atoms with E-state index >= 15 is 0 Å². The number of rotatable bonds is 4. The quantitative estimate of drug-likeness (QED) is 0.732. The lowest BCUT2D eigenvalue weighted by molar-refractivity contribution is 0.110. The highest BCUT2D eigenvalue weighted by Crippen LogP contribution is 2.31. The van der Waals surface area contributed by atoms with E-state index in [1.54, 1.807) is 16.8 Å². The molecule has 5 nitrogen and oxygen atoms in total.